The van der Waals surface area contributed by atoms with E-state index in [0.717, 1.165) is 18.5 Å². The number of hydrogen-bond acceptors (Lipinski definition) is 2. The summed E-state index contributed by atoms with van der Waals surface area (Å²) in [6.45, 7) is 0.0427. The molecule has 2 aliphatic rings. The van der Waals surface area contributed by atoms with Gasteiger partial charge in [0.1, 0.15) is 35.5 Å². The van der Waals surface area contributed by atoms with E-state index >= 15 is 0 Å². The summed E-state index contributed by atoms with van der Waals surface area (Å²) in [4.78, 5) is 3.64. The molecule has 1 heterocycles. The molecule has 1 aliphatic heterocycles. The number of rotatable bonds is 5. The molecule has 0 spiro atoms. The van der Waals surface area contributed by atoms with Crippen LogP contribution < -0.4 is 5.32 Å². The quantitative estimate of drug-likeness (QED) is 0.322. The fourth-order valence-electron chi connectivity index (χ4n) is 2.97. The Bertz CT molecular complexity index is 793. The molecule has 1 aliphatic carbocycles. The number of nitrogens with one attached hydrogen (secondary N) is 2. The minimum atomic E-state index is -1.20. The van der Waals surface area contributed by atoms with Crippen molar-refractivity contribution in [1.29, 1.82) is 5.41 Å². The number of epoxide rings is 1. The fraction of sp³-hybridized carbons (Fsp3) is 0.294. The van der Waals surface area contributed by atoms with Gasteiger partial charge in [0, 0.05) is 17.2 Å². The molecule has 0 bridgehead atoms. The van der Waals surface area contributed by atoms with Gasteiger partial charge in [-0.05, 0) is 25.0 Å². The summed E-state index contributed by atoms with van der Waals surface area (Å²) < 4.78 is 47.5. The molecule has 2 N–H and O–H groups in total. The molecule has 1 unspecified atom stereocenters. The zero-order chi connectivity index (χ0) is 18.0. The molecule has 0 aromatic heterocycles. The highest BCUT2D eigenvalue weighted by molar-refractivity contribution is 7.96. The number of benzene rings is 1. The molecule has 3 rings (SSSR count). The molecule has 1 aromatic carbocycles. The second kappa shape index (κ2) is 7.05. The number of amidine groups is 1. The monoisotopic (exact) mass is 367 g/mol. The van der Waals surface area contributed by atoms with Crippen LogP contribution >= 0.6 is 12.6 Å². The molecule has 0 radical (unpaired) electrons. The Hall–Kier alpha value is -2.06. The van der Waals surface area contributed by atoms with E-state index in [-0.39, 0.29) is 23.1 Å². The molecule has 2 atom stereocenters. The molecular weight excluding hydrogens is 351 g/mol. The number of allylic oxidation sites excluding steroid dienone is 2. The second-order valence-electron chi connectivity index (χ2n) is 5.74. The van der Waals surface area contributed by atoms with Crippen molar-refractivity contribution in [2.75, 3.05) is 6.54 Å². The van der Waals surface area contributed by atoms with Gasteiger partial charge in [-0.1, -0.05) is 12.1 Å². The number of aliphatic imine (C=N–C) groups is 1. The zero-order valence-electron chi connectivity index (χ0n) is 13.1. The Balaban J connectivity index is 1.93. The van der Waals surface area contributed by atoms with E-state index in [9.17, 15) is 13.2 Å². The largest absolute Gasteiger partial charge is 0.361 e. The van der Waals surface area contributed by atoms with Crippen molar-refractivity contribution in [2.24, 2.45) is 4.99 Å². The van der Waals surface area contributed by atoms with Crippen LogP contribution in [0.2, 0.25) is 0 Å². The first kappa shape index (κ1) is 17.8. The third kappa shape index (κ3) is 3.50. The van der Waals surface area contributed by atoms with Crippen LogP contribution in [0, 0.1) is 17.0 Å². The van der Waals surface area contributed by atoms with Crippen molar-refractivity contribution in [2.45, 2.75) is 24.5 Å². The minimum Gasteiger partial charge on any atom is -0.361 e. The molecule has 1 saturated heterocycles. The highest BCUT2D eigenvalue weighted by Crippen LogP contribution is 2.52. The molecule has 25 heavy (non-hydrogen) atoms. The van der Waals surface area contributed by atoms with E-state index in [4.69, 9.17) is 10.1 Å². The number of halogens is 3. The van der Waals surface area contributed by atoms with Crippen LogP contribution in [0.1, 0.15) is 18.4 Å². The van der Waals surface area contributed by atoms with Crippen LogP contribution in [0.3, 0.4) is 0 Å². The summed E-state index contributed by atoms with van der Waals surface area (Å²) in [6.07, 6.45) is 4.58. The first-order valence-electron chi connectivity index (χ1n) is 7.67. The van der Waals surface area contributed by atoms with Gasteiger partial charge < -0.3 is 10.1 Å². The topological polar surface area (TPSA) is 60.8 Å². The van der Waals surface area contributed by atoms with Gasteiger partial charge in [0.05, 0.1) is 6.54 Å². The third-order valence-electron chi connectivity index (χ3n) is 4.19. The summed E-state index contributed by atoms with van der Waals surface area (Å²) in [5.41, 5.74) is -0.708. The summed E-state index contributed by atoms with van der Waals surface area (Å²) in [5.74, 6) is -1.86. The maximum atomic E-state index is 14.3. The van der Waals surface area contributed by atoms with Crippen molar-refractivity contribution >= 4 is 24.1 Å². The van der Waals surface area contributed by atoms with Crippen LogP contribution in [-0.4, -0.2) is 24.2 Å². The molecular formula is C17H16F3N3OS. The number of ether oxygens (including phenoxy) is 1. The van der Waals surface area contributed by atoms with E-state index in [1.807, 2.05) is 0 Å². The standard InChI is InChI=1S/C17H16F3N3OS/c18-10-5-6-12(14(20)7-10)17(8-22-16(25)23-9-21)15(24-17)11-3-1-2-4-13(11)19/h3-7,9,15H,1-2,8H2,(H3,21,22,23,25)/t15-,17?/m1/s1. The summed E-state index contributed by atoms with van der Waals surface area (Å²) in [7, 11) is 0. The van der Waals surface area contributed by atoms with Gasteiger partial charge in [0.25, 0.3) is 0 Å². The third-order valence-corrected chi connectivity index (χ3v) is 4.46. The van der Waals surface area contributed by atoms with Crippen molar-refractivity contribution in [3.8, 4) is 0 Å². The van der Waals surface area contributed by atoms with E-state index in [1.165, 1.54) is 12.1 Å². The zero-order valence-corrected chi connectivity index (χ0v) is 14.0. The Morgan fingerprint density at radius 2 is 2.12 bits per heavy atom. The van der Waals surface area contributed by atoms with Gasteiger partial charge in [-0.15, -0.1) is 12.6 Å². The molecule has 0 saturated carbocycles. The van der Waals surface area contributed by atoms with Gasteiger partial charge in [0.2, 0.25) is 0 Å². The minimum absolute atomic E-state index is 0.0427. The molecule has 8 heteroatoms. The van der Waals surface area contributed by atoms with Crippen LogP contribution in [0.15, 0.2) is 46.7 Å². The first-order chi connectivity index (χ1) is 12.0. The molecule has 0 amide bonds. The average molecular weight is 367 g/mol. The highest BCUT2D eigenvalue weighted by atomic mass is 32.1. The maximum Gasteiger partial charge on any atom is 0.159 e. The Labute approximate surface area is 148 Å². The van der Waals surface area contributed by atoms with E-state index < -0.39 is 23.3 Å². The second-order valence-corrected chi connectivity index (χ2v) is 6.16. The van der Waals surface area contributed by atoms with Crippen LogP contribution in [0.5, 0.6) is 0 Å². The van der Waals surface area contributed by atoms with Gasteiger partial charge in [-0.2, -0.15) is 0 Å². The van der Waals surface area contributed by atoms with Crippen molar-refractivity contribution in [1.82, 2.24) is 5.32 Å². The Morgan fingerprint density at radius 3 is 2.80 bits per heavy atom. The van der Waals surface area contributed by atoms with E-state index in [2.05, 4.69) is 22.9 Å². The predicted molar refractivity (Wildman–Crippen MR) is 92.6 cm³/mol. The summed E-state index contributed by atoms with van der Waals surface area (Å²) in [5, 5.41) is 9.89. The normalized spacial score (nSPS) is 25.9. The average Bonchev–Trinajstić information content (AvgIpc) is 3.29. The fourth-order valence-corrected chi connectivity index (χ4v) is 3.11. The highest BCUT2D eigenvalue weighted by Gasteiger charge is 2.61. The van der Waals surface area contributed by atoms with Crippen molar-refractivity contribution in [3.63, 3.8) is 0 Å². The smallest absolute Gasteiger partial charge is 0.159 e. The molecule has 1 fully saturated rings. The Kier molecular flexibility index (Phi) is 5.01. The summed E-state index contributed by atoms with van der Waals surface area (Å²) in [6, 6.07) is 3.20. The lowest BCUT2D eigenvalue weighted by molar-refractivity contribution is 0.292. The van der Waals surface area contributed by atoms with Gasteiger partial charge in [-0.3, -0.25) is 5.41 Å². The maximum absolute atomic E-state index is 14.3. The molecule has 4 nitrogen and oxygen atoms in total. The lowest BCUT2D eigenvalue weighted by atomic mass is 9.88. The number of nitrogens with zero attached hydrogens (tertiary/aromatic N) is 1. The van der Waals surface area contributed by atoms with Gasteiger partial charge in [-0.25, -0.2) is 18.2 Å². The van der Waals surface area contributed by atoms with Crippen LogP contribution in [0.25, 0.3) is 0 Å². The number of hydrogen-bond donors (Lipinski definition) is 3. The van der Waals surface area contributed by atoms with Crippen molar-refractivity contribution in [3.05, 3.63) is 58.9 Å². The van der Waals surface area contributed by atoms with Crippen molar-refractivity contribution < 1.29 is 17.9 Å². The van der Waals surface area contributed by atoms with E-state index in [1.54, 1.807) is 6.08 Å². The molecule has 132 valence electrons. The first-order valence-corrected chi connectivity index (χ1v) is 8.11. The van der Waals surface area contributed by atoms with Crippen LogP contribution in [0.4, 0.5) is 13.2 Å². The van der Waals surface area contributed by atoms with E-state index in [0.29, 0.717) is 18.4 Å². The Morgan fingerprint density at radius 1 is 1.36 bits per heavy atom. The van der Waals surface area contributed by atoms with Crippen LogP contribution in [-0.2, 0) is 10.3 Å². The van der Waals surface area contributed by atoms with Gasteiger partial charge >= 0.3 is 0 Å². The summed E-state index contributed by atoms with van der Waals surface area (Å²) >= 11 is 4.06. The molecule has 1 aromatic rings. The lowest BCUT2D eigenvalue weighted by Crippen LogP contribution is -2.33. The SMILES string of the molecule is N=C/N=C(/S)NCC1(c2ccc(F)cc2F)O[C@@H]1C1=CCCC=C1F. The number of thiol groups is 1. The van der Waals surface area contributed by atoms with Gasteiger partial charge in [0.15, 0.2) is 5.17 Å². The lowest BCUT2D eigenvalue weighted by Gasteiger charge is -2.17. The predicted octanol–water partition coefficient (Wildman–Crippen LogP) is 3.61.